The molecule has 0 amide bonds. The third-order valence-corrected chi connectivity index (χ3v) is 4.37. The standard InChI is InChI=1S/C19H17F3N4O2/c1-11-2-3-13(19(20,21)22)7-14(11)15(9-28-10-27)12-6-17(25-8-12)16-4-5-24-18(23)26-16/h2-8,10,15,25H,9H2,1H3,(H2,23,24,26). The van der Waals surface area contributed by atoms with Crippen molar-refractivity contribution in [2.45, 2.75) is 19.0 Å². The van der Waals surface area contributed by atoms with Gasteiger partial charge >= 0.3 is 6.18 Å². The minimum absolute atomic E-state index is 0.100. The van der Waals surface area contributed by atoms with Gasteiger partial charge in [-0.1, -0.05) is 6.07 Å². The highest BCUT2D eigenvalue weighted by atomic mass is 19.4. The van der Waals surface area contributed by atoms with Gasteiger partial charge in [-0.15, -0.1) is 0 Å². The first-order valence-corrected chi connectivity index (χ1v) is 8.30. The molecule has 2 aromatic heterocycles. The summed E-state index contributed by atoms with van der Waals surface area (Å²) >= 11 is 0. The molecule has 9 heteroatoms. The van der Waals surface area contributed by atoms with E-state index in [0.717, 1.165) is 12.1 Å². The number of nitrogens with zero attached hydrogens (tertiary/aromatic N) is 2. The van der Waals surface area contributed by atoms with Gasteiger partial charge in [0.2, 0.25) is 5.95 Å². The molecule has 0 spiro atoms. The Kier molecular flexibility index (Phi) is 5.34. The van der Waals surface area contributed by atoms with Crippen LogP contribution in [0.2, 0.25) is 0 Å². The van der Waals surface area contributed by atoms with Crippen LogP contribution in [0, 0.1) is 6.92 Å². The highest BCUT2D eigenvalue weighted by Crippen LogP contribution is 2.35. The number of aryl methyl sites for hydroxylation is 1. The number of alkyl halides is 3. The van der Waals surface area contributed by atoms with Gasteiger partial charge in [0.05, 0.1) is 17.0 Å². The Labute approximate surface area is 158 Å². The molecular formula is C19H17F3N4O2. The number of hydrogen-bond donors (Lipinski definition) is 2. The Morgan fingerprint density at radius 1 is 1.29 bits per heavy atom. The van der Waals surface area contributed by atoms with E-state index in [4.69, 9.17) is 10.5 Å². The van der Waals surface area contributed by atoms with Gasteiger partial charge in [-0.2, -0.15) is 13.2 Å². The van der Waals surface area contributed by atoms with E-state index in [1.54, 1.807) is 25.3 Å². The average molecular weight is 390 g/mol. The van der Waals surface area contributed by atoms with Crippen LogP contribution in [0.25, 0.3) is 11.4 Å². The normalized spacial score (nSPS) is 12.6. The van der Waals surface area contributed by atoms with E-state index in [1.807, 2.05) is 0 Å². The molecule has 1 atom stereocenters. The van der Waals surface area contributed by atoms with Gasteiger partial charge in [0.1, 0.15) is 6.61 Å². The zero-order valence-electron chi connectivity index (χ0n) is 14.8. The first kappa shape index (κ1) is 19.4. The summed E-state index contributed by atoms with van der Waals surface area (Å²) < 4.78 is 44.4. The van der Waals surface area contributed by atoms with E-state index < -0.39 is 17.7 Å². The molecule has 1 aromatic carbocycles. The van der Waals surface area contributed by atoms with Crippen molar-refractivity contribution in [2.24, 2.45) is 0 Å². The second-order valence-corrected chi connectivity index (χ2v) is 6.20. The van der Waals surface area contributed by atoms with Crippen LogP contribution in [0.3, 0.4) is 0 Å². The molecule has 6 nitrogen and oxygen atoms in total. The molecule has 3 aromatic rings. The summed E-state index contributed by atoms with van der Waals surface area (Å²) in [5.74, 6) is -0.486. The lowest BCUT2D eigenvalue weighted by molar-refractivity contribution is -0.137. The molecule has 0 aliphatic carbocycles. The predicted molar refractivity (Wildman–Crippen MR) is 96.3 cm³/mol. The van der Waals surface area contributed by atoms with E-state index in [0.29, 0.717) is 28.1 Å². The van der Waals surface area contributed by atoms with Crippen LogP contribution in [0.4, 0.5) is 19.1 Å². The Morgan fingerprint density at radius 2 is 2.07 bits per heavy atom. The number of benzene rings is 1. The van der Waals surface area contributed by atoms with Gasteiger partial charge in [-0.25, -0.2) is 9.97 Å². The number of hydrogen-bond acceptors (Lipinski definition) is 5. The van der Waals surface area contributed by atoms with Gasteiger partial charge in [-0.05, 0) is 47.9 Å². The summed E-state index contributed by atoms with van der Waals surface area (Å²) in [7, 11) is 0. The van der Waals surface area contributed by atoms with Gasteiger partial charge in [-0.3, -0.25) is 4.79 Å². The Balaban J connectivity index is 2.03. The van der Waals surface area contributed by atoms with Gasteiger partial charge in [0.15, 0.2) is 0 Å². The molecule has 0 fully saturated rings. The fraction of sp³-hybridized carbons (Fsp3) is 0.211. The van der Waals surface area contributed by atoms with Crippen molar-refractivity contribution in [1.82, 2.24) is 15.0 Å². The van der Waals surface area contributed by atoms with Crippen molar-refractivity contribution in [2.75, 3.05) is 12.3 Å². The predicted octanol–water partition coefficient (Wildman–Crippen LogP) is 3.69. The number of halogens is 3. The highest BCUT2D eigenvalue weighted by molar-refractivity contribution is 5.58. The number of nitrogen functional groups attached to an aromatic ring is 1. The summed E-state index contributed by atoms with van der Waals surface area (Å²) in [6.45, 7) is 1.88. The molecule has 3 rings (SSSR count). The van der Waals surface area contributed by atoms with Crippen molar-refractivity contribution >= 4 is 12.4 Å². The fourth-order valence-electron chi connectivity index (χ4n) is 2.98. The monoisotopic (exact) mass is 390 g/mol. The van der Waals surface area contributed by atoms with E-state index in [9.17, 15) is 18.0 Å². The fourth-order valence-corrected chi connectivity index (χ4v) is 2.98. The van der Waals surface area contributed by atoms with E-state index >= 15 is 0 Å². The number of aromatic nitrogens is 3. The van der Waals surface area contributed by atoms with Crippen molar-refractivity contribution in [3.05, 3.63) is 65.0 Å². The molecule has 0 aliphatic heterocycles. The van der Waals surface area contributed by atoms with Crippen LogP contribution >= 0.6 is 0 Å². The SMILES string of the molecule is Cc1ccc(C(F)(F)F)cc1C(COC=O)c1c[nH]c(-c2ccnc(N)n2)c1. The number of carbonyl (C=O) groups is 1. The van der Waals surface area contributed by atoms with E-state index in [1.165, 1.54) is 12.3 Å². The lowest BCUT2D eigenvalue weighted by atomic mass is 9.89. The number of nitrogens with two attached hydrogens (primary N) is 1. The lowest BCUT2D eigenvalue weighted by Crippen LogP contribution is -2.13. The van der Waals surface area contributed by atoms with Crippen molar-refractivity contribution in [1.29, 1.82) is 0 Å². The first-order chi connectivity index (χ1) is 13.3. The van der Waals surface area contributed by atoms with Crippen molar-refractivity contribution in [3.8, 4) is 11.4 Å². The van der Waals surface area contributed by atoms with Crippen molar-refractivity contribution < 1.29 is 22.7 Å². The number of nitrogens with one attached hydrogen (secondary N) is 1. The van der Waals surface area contributed by atoms with Gasteiger partial charge in [0, 0.05) is 18.3 Å². The first-order valence-electron chi connectivity index (χ1n) is 8.30. The van der Waals surface area contributed by atoms with Gasteiger partial charge < -0.3 is 15.5 Å². The smallest absolute Gasteiger partial charge is 0.416 e. The Bertz CT molecular complexity index is 985. The molecule has 146 valence electrons. The molecule has 0 radical (unpaired) electrons. The molecule has 3 N–H and O–H groups in total. The molecule has 28 heavy (non-hydrogen) atoms. The minimum atomic E-state index is -4.47. The van der Waals surface area contributed by atoms with Crippen molar-refractivity contribution in [3.63, 3.8) is 0 Å². The zero-order chi connectivity index (χ0) is 20.3. The minimum Gasteiger partial charge on any atom is -0.467 e. The summed E-state index contributed by atoms with van der Waals surface area (Å²) in [5, 5.41) is 0. The summed E-state index contributed by atoms with van der Waals surface area (Å²) in [4.78, 5) is 21.7. The third kappa shape index (κ3) is 4.13. The summed E-state index contributed by atoms with van der Waals surface area (Å²) in [6, 6.07) is 6.91. The van der Waals surface area contributed by atoms with Crippen LogP contribution in [-0.2, 0) is 15.7 Å². The second-order valence-electron chi connectivity index (χ2n) is 6.20. The number of rotatable bonds is 6. The van der Waals surface area contributed by atoms with Crippen LogP contribution in [-0.4, -0.2) is 28.0 Å². The highest BCUT2D eigenvalue weighted by Gasteiger charge is 2.32. The Hall–Kier alpha value is -3.36. The molecule has 0 saturated heterocycles. The quantitative estimate of drug-likeness (QED) is 0.626. The van der Waals surface area contributed by atoms with E-state index in [2.05, 4.69) is 15.0 Å². The maximum absolute atomic E-state index is 13.2. The van der Waals surface area contributed by atoms with Gasteiger partial charge in [0.25, 0.3) is 6.47 Å². The zero-order valence-corrected chi connectivity index (χ0v) is 14.8. The molecule has 0 bridgehead atoms. The van der Waals surface area contributed by atoms with Crippen LogP contribution in [0.1, 0.15) is 28.2 Å². The largest absolute Gasteiger partial charge is 0.467 e. The molecule has 0 aliphatic rings. The number of ether oxygens (including phenoxy) is 1. The molecule has 2 heterocycles. The Morgan fingerprint density at radius 3 is 2.75 bits per heavy atom. The van der Waals surface area contributed by atoms with Crippen LogP contribution in [0.15, 0.2) is 42.7 Å². The van der Waals surface area contributed by atoms with Crippen LogP contribution in [0.5, 0.6) is 0 Å². The topological polar surface area (TPSA) is 93.9 Å². The van der Waals surface area contributed by atoms with E-state index in [-0.39, 0.29) is 19.0 Å². The molecular weight excluding hydrogens is 373 g/mol. The van der Waals surface area contributed by atoms with Crippen LogP contribution < -0.4 is 5.73 Å². The summed E-state index contributed by atoms with van der Waals surface area (Å²) in [5.41, 5.74) is 7.71. The number of anilines is 1. The molecule has 1 unspecified atom stereocenters. The second kappa shape index (κ2) is 7.71. The number of aromatic amines is 1. The lowest BCUT2D eigenvalue weighted by Gasteiger charge is -2.19. The maximum Gasteiger partial charge on any atom is 0.416 e. The average Bonchev–Trinajstić information content (AvgIpc) is 3.12. The maximum atomic E-state index is 13.2. The summed E-state index contributed by atoms with van der Waals surface area (Å²) in [6.07, 6.45) is -1.32. The molecule has 0 saturated carbocycles. The number of carbonyl (C=O) groups excluding carboxylic acids is 1. The third-order valence-electron chi connectivity index (χ3n) is 4.37. The number of H-pyrrole nitrogens is 1.